The quantitative estimate of drug-likeness (QED) is 0.822. The molecule has 1 saturated heterocycles. The molecule has 0 radical (unpaired) electrons. The normalized spacial score (nSPS) is 21.9. The molecule has 0 spiro atoms. The molecule has 23 heavy (non-hydrogen) atoms. The molecule has 4 heteroatoms. The highest BCUT2D eigenvalue weighted by atomic mass is 15.2. The van der Waals surface area contributed by atoms with E-state index in [-0.39, 0.29) is 0 Å². The van der Waals surface area contributed by atoms with Gasteiger partial charge in [0.1, 0.15) is 5.82 Å². The lowest BCUT2D eigenvalue weighted by molar-refractivity contribution is 0.444. The number of allylic oxidation sites excluding steroid dienone is 1. The minimum Gasteiger partial charge on any atom is -0.356 e. The van der Waals surface area contributed by atoms with E-state index in [4.69, 9.17) is 4.98 Å². The first-order valence-electron chi connectivity index (χ1n) is 9.23. The molecule has 0 aromatic carbocycles. The molecular weight excluding hydrogens is 284 g/mol. The van der Waals surface area contributed by atoms with E-state index in [2.05, 4.69) is 41.2 Å². The topological polar surface area (TPSA) is 41.1 Å². The lowest BCUT2D eigenvalue weighted by Gasteiger charge is -2.32. The highest BCUT2D eigenvalue weighted by molar-refractivity contribution is 5.45. The van der Waals surface area contributed by atoms with Gasteiger partial charge in [-0.05, 0) is 57.8 Å². The summed E-state index contributed by atoms with van der Waals surface area (Å²) >= 11 is 0. The van der Waals surface area contributed by atoms with Crippen LogP contribution in [-0.4, -0.2) is 29.6 Å². The van der Waals surface area contributed by atoms with E-state index >= 15 is 0 Å². The summed E-state index contributed by atoms with van der Waals surface area (Å²) in [6.45, 7) is 7.56. The number of aryl methyl sites for hydroxylation is 1. The maximum absolute atomic E-state index is 4.76. The third-order valence-corrected chi connectivity index (χ3v) is 4.94. The first-order valence-corrected chi connectivity index (χ1v) is 9.23. The van der Waals surface area contributed by atoms with Crippen LogP contribution in [0.2, 0.25) is 0 Å². The Kier molecular flexibility index (Phi) is 5.52. The molecule has 1 fully saturated rings. The molecule has 1 aromatic heterocycles. The molecule has 1 atom stereocenters. The van der Waals surface area contributed by atoms with Gasteiger partial charge in [0.05, 0.1) is 0 Å². The fraction of sp³-hybridized carbons (Fsp3) is 0.684. The van der Waals surface area contributed by atoms with Crippen molar-refractivity contribution in [3.63, 3.8) is 0 Å². The van der Waals surface area contributed by atoms with Crippen molar-refractivity contribution >= 4 is 11.8 Å². The van der Waals surface area contributed by atoms with Crippen molar-refractivity contribution in [1.82, 2.24) is 9.97 Å². The van der Waals surface area contributed by atoms with Crippen LogP contribution in [0.1, 0.15) is 57.6 Å². The van der Waals surface area contributed by atoms with Gasteiger partial charge >= 0.3 is 0 Å². The van der Waals surface area contributed by atoms with Gasteiger partial charge in [-0.2, -0.15) is 4.98 Å². The summed E-state index contributed by atoms with van der Waals surface area (Å²) in [7, 11) is 0. The zero-order valence-corrected chi connectivity index (χ0v) is 14.6. The number of anilines is 2. The van der Waals surface area contributed by atoms with E-state index < -0.39 is 0 Å². The molecule has 1 aromatic rings. The summed E-state index contributed by atoms with van der Waals surface area (Å²) in [4.78, 5) is 11.7. The van der Waals surface area contributed by atoms with E-state index in [1.807, 2.05) is 0 Å². The number of nitrogens with zero attached hydrogens (tertiary/aromatic N) is 3. The van der Waals surface area contributed by atoms with Crippen LogP contribution in [-0.2, 0) is 0 Å². The van der Waals surface area contributed by atoms with Crippen LogP contribution in [0.4, 0.5) is 11.8 Å². The monoisotopic (exact) mass is 314 g/mol. The molecule has 1 N–H and O–H groups in total. The number of hydrogen-bond donors (Lipinski definition) is 1. The minimum atomic E-state index is 0.758. The van der Waals surface area contributed by atoms with E-state index in [1.54, 1.807) is 5.57 Å². The first-order chi connectivity index (χ1) is 11.2. The Bertz CT molecular complexity index is 552. The van der Waals surface area contributed by atoms with Crippen molar-refractivity contribution in [2.75, 3.05) is 29.9 Å². The SMILES string of the molecule is Cc1cc(N2CCCC(C)C2)nc(NCCC2=CCCCC2)n1. The Morgan fingerprint density at radius 1 is 1.26 bits per heavy atom. The van der Waals surface area contributed by atoms with Gasteiger partial charge in [-0.3, -0.25) is 0 Å². The van der Waals surface area contributed by atoms with Crippen molar-refractivity contribution < 1.29 is 0 Å². The van der Waals surface area contributed by atoms with Gasteiger partial charge in [0.15, 0.2) is 0 Å². The van der Waals surface area contributed by atoms with Crippen LogP contribution in [0, 0.1) is 12.8 Å². The molecule has 1 unspecified atom stereocenters. The van der Waals surface area contributed by atoms with Crippen LogP contribution < -0.4 is 10.2 Å². The zero-order chi connectivity index (χ0) is 16.1. The molecule has 2 aliphatic rings. The largest absolute Gasteiger partial charge is 0.356 e. The van der Waals surface area contributed by atoms with Crippen molar-refractivity contribution in [1.29, 1.82) is 0 Å². The summed E-state index contributed by atoms with van der Waals surface area (Å²) in [6, 6.07) is 2.12. The Labute approximate surface area is 140 Å². The second kappa shape index (κ2) is 7.80. The van der Waals surface area contributed by atoms with Gasteiger partial charge in [-0.25, -0.2) is 4.98 Å². The summed E-state index contributed by atoms with van der Waals surface area (Å²) in [5.74, 6) is 2.63. The van der Waals surface area contributed by atoms with Crippen molar-refractivity contribution in [3.05, 3.63) is 23.4 Å². The highest BCUT2D eigenvalue weighted by Crippen LogP contribution is 2.23. The predicted octanol–water partition coefficient (Wildman–Crippen LogP) is 4.32. The molecule has 126 valence electrons. The van der Waals surface area contributed by atoms with Crippen molar-refractivity contribution in [2.24, 2.45) is 5.92 Å². The van der Waals surface area contributed by atoms with Crippen LogP contribution in [0.15, 0.2) is 17.7 Å². The predicted molar refractivity (Wildman–Crippen MR) is 97.0 cm³/mol. The maximum Gasteiger partial charge on any atom is 0.224 e. The number of aromatic nitrogens is 2. The second-order valence-corrected chi connectivity index (χ2v) is 7.17. The van der Waals surface area contributed by atoms with E-state index in [0.29, 0.717) is 0 Å². The fourth-order valence-corrected chi connectivity index (χ4v) is 3.66. The molecule has 1 aliphatic carbocycles. The van der Waals surface area contributed by atoms with Gasteiger partial charge in [-0.15, -0.1) is 0 Å². The van der Waals surface area contributed by atoms with Crippen LogP contribution in [0.25, 0.3) is 0 Å². The maximum atomic E-state index is 4.76. The van der Waals surface area contributed by atoms with Gasteiger partial charge in [0.25, 0.3) is 0 Å². The van der Waals surface area contributed by atoms with E-state index in [9.17, 15) is 0 Å². The van der Waals surface area contributed by atoms with Crippen LogP contribution >= 0.6 is 0 Å². The molecule has 2 heterocycles. The number of rotatable bonds is 5. The van der Waals surface area contributed by atoms with E-state index in [0.717, 1.165) is 49.4 Å². The third kappa shape index (κ3) is 4.69. The zero-order valence-electron chi connectivity index (χ0n) is 14.6. The molecular formula is C19H30N4. The van der Waals surface area contributed by atoms with Gasteiger partial charge in [-0.1, -0.05) is 18.6 Å². The molecule has 3 rings (SSSR count). The summed E-state index contributed by atoms with van der Waals surface area (Å²) in [5, 5.41) is 3.43. The van der Waals surface area contributed by atoms with Gasteiger partial charge < -0.3 is 10.2 Å². The summed E-state index contributed by atoms with van der Waals surface area (Å²) in [5.41, 5.74) is 2.65. The third-order valence-electron chi connectivity index (χ3n) is 4.94. The van der Waals surface area contributed by atoms with E-state index in [1.165, 1.54) is 38.5 Å². The van der Waals surface area contributed by atoms with Crippen molar-refractivity contribution in [3.8, 4) is 0 Å². The number of hydrogen-bond acceptors (Lipinski definition) is 4. The second-order valence-electron chi connectivity index (χ2n) is 7.17. The lowest BCUT2D eigenvalue weighted by atomic mass is 9.97. The fourth-order valence-electron chi connectivity index (χ4n) is 3.66. The first kappa shape index (κ1) is 16.3. The van der Waals surface area contributed by atoms with Crippen LogP contribution in [0.5, 0.6) is 0 Å². The molecule has 1 aliphatic heterocycles. The Balaban J connectivity index is 1.59. The molecule has 0 amide bonds. The summed E-state index contributed by atoms with van der Waals surface area (Å²) < 4.78 is 0. The van der Waals surface area contributed by atoms with Crippen LogP contribution in [0.3, 0.4) is 0 Å². The van der Waals surface area contributed by atoms with Crippen molar-refractivity contribution in [2.45, 2.75) is 58.8 Å². The average Bonchev–Trinajstić information content (AvgIpc) is 2.55. The highest BCUT2D eigenvalue weighted by Gasteiger charge is 2.18. The molecule has 4 nitrogen and oxygen atoms in total. The smallest absolute Gasteiger partial charge is 0.224 e. The lowest BCUT2D eigenvalue weighted by Crippen LogP contribution is -2.35. The van der Waals surface area contributed by atoms with Gasteiger partial charge in [0, 0.05) is 31.4 Å². The minimum absolute atomic E-state index is 0.758. The standard InChI is InChI=1S/C19H30N4/c1-15-7-6-12-23(14-15)18-13-16(2)21-19(22-18)20-11-10-17-8-4-3-5-9-17/h8,13,15H,3-7,9-12,14H2,1-2H3,(H,20,21,22). The summed E-state index contributed by atoms with van der Waals surface area (Å²) in [6.07, 6.45) is 11.4. The van der Waals surface area contributed by atoms with Gasteiger partial charge in [0.2, 0.25) is 5.95 Å². The Hall–Kier alpha value is -1.58. The number of nitrogens with one attached hydrogen (secondary N) is 1. The molecule has 0 bridgehead atoms. The molecule has 0 saturated carbocycles. The number of piperidine rings is 1. The average molecular weight is 314 g/mol. The Morgan fingerprint density at radius 2 is 2.17 bits per heavy atom. The Morgan fingerprint density at radius 3 is 2.96 bits per heavy atom.